The standard InChI is InChI=1S/C17H20FNO/c1-11(2)15-6-4-12(3)8-17(15)20-16-7-5-14(18)9-13(16)10-19/h4-9,11H,10,19H2,1-3H3. The lowest BCUT2D eigenvalue weighted by Crippen LogP contribution is -2.02. The lowest BCUT2D eigenvalue weighted by molar-refractivity contribution is 0.464. The van der Waals surface area contributed by atoms with E-state index in [0.29, 0.717) is 17.2 Å². The van der Waals surface area contributed by atoms with E-state index in [1.165, 1.54) is 12.1 Å². The van der Waals surface area contributed by atoms with E-state index in [4.69, 9.17) is 10.5 Å². The highest BCUT2D eigenvalue weighted by Crippen LogP contribution is 2.33. The Kier molecular flexibility index (Phi) is 4.40. The Morgan fingerprint density at radius 2 is 1.85 bits per heavy atom. The largest absolute Gasteiger partial charge is 0.457 e. The Morgan fingerprint density at radius 1 is 1.10 bits per heavy atom. The lowest BCUT2D eigenvalue weighted by atomic mass is 10.0. The van der Waals surface area contributed by atoms with Crippen LogP contribution in [0.4, 0.5) is 4.39 Å². The highest BCUT2D eigenvalue weighted by Gasteiger charge is 2.11. The van der Waals surface area contributed by atoms with Gasteiger partial charge in [-0.1, -0.05) is 26.0 Å². The van der Waals surface area contributed by atoms with Gasteiger partial charge in [0, 0.05) is 12.1 Å². The molecule has 0 spiro atoms. The van der Waals surface area contributed by atoms with E-state index in [0.717, 1.165) is 16.9 Å². The average Bonchev–Trinajstić information content (AvgIpc) is 2.40. The fourth-order valence-corrected chi connectivity index (χ4v) is 2.13. The predicted molar refractivity (Wildman–Crippen MR) is 79.6 cm³/mol. The summed E-state index contributed by atoms with van der Waals surface area (Å²) >= 11 is 0. The van der Waals surface area contributed by atoms with Gasteiger partial charge in [0.05, 0.1) is 0 Å². The topological polar surface area (TPSA) is 35.2 Å². The van der Waals surface area contributed by atoms with Crippen LogP contribution in [0.25, 0.3) is 0 Å². The van der Waals surface area contributed by atoms with Crippen molar-refractivity contribution in [1.29, 1.82) is 0 Å². The Labute approximate surface area is 119 Å². The highest BCUT2D eigenvalue weighted by molar-refractivity contribution is 5.44. The van der Waals surface area contributed by atoms with Crippen molar-refractivity contribution in [2.75, 3.05) is 0 Å². The third-order valence-corrected chi connectivity index (χ3v) is 3.25. The molecular formula is C17H20FNO. The van der Waals surface area contributed by atoms with Crippen molar-refractivity contribution < 1.29 is 9.13 Å². The molecule has 3 heteroatoms. The highest BCUT2D eigenvalue weighted by atomic mass is 19.1. The minimum absolute atomic E-state index is 0.246. The van der Waals surface area contributed by atoms with Crippen LogP contribution in [0.2, 0.25) is 0 Å². The van der Waals surface area contributed by atoms with Crippen LogP contribution >= 0.6 is 0 Å². The van der Waals surface area contributed by atoms with Gasteiger partial charge in [-0.2, -0.15) is 0 Å². The van der Waals surface area contributed by atoms with Crippen LogP contribution in [0, 0.1) is 12.7 Å². The molecular weight excluding hydrogens is 253 g/mol. The molecule has 0 aromatic heterocycles. The monoisotopic (exact) mass is 273 g/mol. The summed E-state index contributed by atoms with van der Waals surface area (Å²) in [6, 6.07) is 10.6. The van der Waals surface area contributed by atoms with Crippen molar-refractivity contribution in [3.05, 3.63) is 58.9 Å². The quantitative estimate of drug-likeness (QED) is 0.889. The zero-order valence-electron chi connectivity index (χ0n) is 12.1. The first kappa shape index (κ1) is 14.5. The molecule has 2 aromatic rings. The number of ether oxygens (including phenoxy) is 1. The van der Waals surface area contributed by atoms with Gasteiger partial charge >= 0.3 is 0 Å². The molecule has 0 unspecified atom stereocenters. The van der Waals surface area contributed by atoms with E-state index in [1.54, 1.807) is 6.07 Å². The molecule has 0 fully saturated rings. The Balaban J connectivity index is 2.41. The van der Waals surface area contributed by atoms with E-state index in [1.807, 2.05) is 13.0 Å². The first-order valence-corrected chi connectivity index (χ1v) is 6.78. The summed E-state index contributed by atoms with van der Waals surface area (Å²) in [4.78, 5) is 0. The van der Waals surface area contributed by atoms with E-state index >= 15 is 0 Å². The molecule has 0 radical (unpaired) electrons. The maximum absolute atomic E-state index is 13.2. The minimum Gasteiger partial charge on any atom is -0.457 e. The van der Waals surface area contributed by atoms with Crippen LogP contribution in [0.15, 0.2) is 36.4 Å². The predicted octanol–water partition coefficient (Wildman–Crippen LogP) is 4.51. The molecule has 2 N–H and O–H groups in total. The molecule has 2 rings (SSSR count). The number of hydrogen-bond donors (Lipinski definition) is 1. The SMILES string of the molecule is Cc1ccc(C(C)C)c(Oc2ccc(F)cc2CN)c1. The van der Waals surface area contributed by atoms with Gasteiger partial charge in [0.1, 0.15) is 17.3 Å². The fraction of sp³-hybridized carbons (Fsp3) is 0.294. The molecule has 0 aliphatic carbocycles. The average molecular weight is 273 g/mol. The van der Waals surface area contributed by atoms with Gasteiger partial charge in [0.2, 0.25) is 0 Å². The Morgan fingerprint density at radius 3 is 2.50 bits per heavy atom. The van der Waals surface area contributed by atoms with E-state index < -0.39 is 0 Å². The smallest absolute Gasteiger partial charge is 0.132 e. The van der Waals surface area contributed by atoms with Gasteiger partial charge in [0.15, 0.2) is 0 Å². The zero-order chi connectivity index (χ0) is 14.7. The molecule has 106 valence electrons. The molecule has 2 aromatic carbocycles. The van der Waals surface area contributed by atoms with Gasteiger partial charge in [-0.25, -0.2) is 4.39 Å². The number of halogens is 1. The summed E-state index contributed by atoms with van der Waals surface area (Å²) in [6.45, 7) is 6.50. The van der Waals surface area contributed by atoms with E-state index in [-0.39, 0.29) is 12.4 Å². The molecule has 0 saturated heterocycles. The molecule has 0 amide bonds. The van der Waals surface area contributed by atoms with E-state index in [2.05, 4.69) is 26.0 Å². The minimum atomic E-state index is -0.300. The number of rotatable bonds is 4. The zero-order valence-corrected chi connectivity index (χ0v) is 12.1. The molecule has 20 heavy (non-hydrogen) atoms. The normalized spacial score (nSPS) is 10.9. The van der Waals surface area contributed by atoms with Crippen LogP contribution < -0.4 is 10.5 Å². The Hall–Kier alpha value is -1.87. The van der Waals surface area contributed by atoms with Crippen LogP contribution in [0.5, 0.6) is 11.5 Å². The van der Waals surface area contributed by atoms with Crippen molar-refractivity contribution in [2.24, 2.45) is 5.73 Å². The summed E-state index contributed by atoms with van der Waals surface area (Å²) in [5, 5.41) is 0. The van der Waals surface area contributed by atoms with Crippen molar-refractivity contribution in [3.8, 4) is 11.5 Å². The van der Waals surface area contributed by atoms with Gasteiger partial charge in [-0.05, 0) is 48.2 Å². The second-order valence-corrected chi connectivity index (χ2v) is 5.25. The molecule has 0 bridgehead atoms. The van der Waals surface area contributed by atoms with E-state index in [9.17, 15) is 4.39 Å². The fourth-order valence-electron chi connectivity index (χ4n) is 2.13. The summed E-state index contributed by atoms with van der Waals surface area (Å²) in [7, 11) is 0. The summed E-state index contributed by atoms with van der Waals surface area (Å²) < 4.78 is 19.2. The van der Waals surface area contributed by atoms with Gasteiger partial charge in [-0.15, -0.1) is 0 Å². The second kappa shape index (κ2) is 6.06. The number of aryl methyl sites for hydroxylation is 1. The molecule has 0 atom stereocenters. The second-order valence-electron chi connectivity index (χ2n) is 5.25. The maximum atomic E-state index is 13.2. The van der Waals surface area contributed by atoms with Gasteiger partial charge in [0.25, 0.3) is 0 Å². The van der Waals surface area contributed by atoms with Crippen LogP contribution in [-0.2, 0) is 6.54 Å². The van der Waals surface area contributed by atoms with Gasteiger partial charge < -0.3 is 10.5 Å². The molecule has 0 heterocycles. The first-order chi connectivity index (χ1) is 9.51. The summed E-state index contributed by atoms with van der Waals surface area (Å²) in [6.07, 6.45) is 0. The molecule has 0 saturated carbocycles. The number of hydrogen-bond acceptors (Lipinski definition) is 2. The maximum Gasteiger partial charge on any atom is 0.132 e. The summed E-state index contributed by atoms with van der Waals surface area (Å²) in [5.41, 5.74) is 8.58. The number of benzene rings is 2. The van der Waals surface area contributed by atoms with Crippen LogP contribution in [0.1, 0.15) is 36.5 Å². The summed E-state index contributed by atoms with van der Waals surface area (Å²) in [5.74, 6) is 1.47. The van der Waals surface area contributed by atoms with Crippen molar-refractivity contribution in [1.82, 2.24) is 0 Å². The molecule has 0 aliphatic heterocycles. The first-order valence-electron chi connectivity index (χ1n) is 6.78. The number of nitrogens with two attached hydrogens (primary N) is 1. The van der Waals surface area contributed by atoms with Crippen molar-refractivity contribution >= 4 is 0 Å². The van der Waals surface area contributed by atoms with Crippen molar-refractivity contribution in [3.63, 3.8) is 0 Å². The molecule has 0 aliphatic rings. The third-order valence-electron chi connectivity index (χ3n) is 3.25. The third kappa shape index (κ3) is 3.17. The van der Waals surface area contributed by atoms with Crippen LogP contribution in [0.3, 0.4) is 0 Å². The van der Waals surface area contributed by atoms with Gasteiger partial charge in [-0.3, -0.25) is 0 Å². The lowest BCUT2D eigenvalue weighted by Gasteiger charge is -2.16. The van der Waals surface area contributed by atoms with Crippen LogP contribution in [-0.4, -0.2) is 0 Å². The van der Waals surface area contributed by atoms with Crippen molar-refractivity contribution in [2.45, 2.75) is 33.2 Å². The Bertz CT molecular complexity index is 608. The molecule has 2 nitrogen and oxygen atoms in total.